The van der Waals surface area contributed by atoms with Crippen molar-refractivity contribution >= 4 is 17.1 Å². The van der Waals surface area contributed by atoms with Crippen molar-refractivity contribution in [2.24, 2.45) is 0 Å². The van der Waals surface area contributed by atoms with E-state index in [0.29, 0.717) is 0 Å². The molecule has 3 heteroatoms. The van der Waals surface area contributed by atoms with Crippen LogP contribution in [0.2, 0.25) is 0 Å². The molecular formula is C17H26O2S. The number of rotatable bonds is 9. The van der Waals surface area contributed by atoms with E-state index in [1.165, 1.54) is 37.4 Å². The molecule has 0 amide bonds. The average Bonchev–Trinajstić information content (AvgIpc) is 2.46. The van der Waals surface area contributed by atoms with Crippen LogP contribution in [-0.2, 0) is 4.74 Å². The molecule has 0 aromatic heterocycles. The molecule has 1 aromatic carbocycles. The number of unbranched alkanes of at least 4 members (excludes halogenated alkanes) is 4. The highest BCUT2D eigenvalue weighted by molar-refractivity contribution is 8.13. The van der Waals surface area contributed by atoms with Crippen LogP contribution in [0.5, 0.6) is 0 Å². The zero-order valence-corrected chi connectivity index (χ0v) is 13.5. The summed E-state index contributed by atoms with van der Waals surface area (Å²) in [6, 6.07) is 9.66. The standard InChI is InChI=1S/C17H26O2S/c1-3-5-6-7-9-12-15(4-2)19-17(18)20-16-13-10-8-11-14-16/h8,10-11,13-15H,3-7,9,12H2,1-2H3. The number of carbonyl (C=O) groups excluding carboxylic acids is 1. The quantitative estimate of drug-likeness (QED) is 0.315. The Hall–Kier alpha value is -0.960. The second-order valence-corrected chi connectivity index (χ2v) is 6.02. The molecule has 0 aliphatic rings. The third-order valence-electron chi connectivity index (χ3n) is 3.29. The van der Waals surface area contributed by atoms with E-state index < -0.39 is 0 Å². The second kappa shape index (κ2) is 10.8. The van der Waals surface area contributed by atoms with Crippen molar-refractivity contribution in [3.63, 3.8) is 0 Å². The summed E-state index contributed by atoms with van der Waals surface area (Å²) in [5.74, 6) is 0. The molecule has 0 fully saturated rings. The summed E-state index contributed by atoms with van der Waals surface area (Å²) < 4.78 is 5.53. The van der Waals surface area contributed by atoms with Crippen LogP contribution in [-0.4, -0.2) is 11.4 Å². The van der Waals surface area contributed by atoms with Gasteiger partial charge >= 0.3 is 5.30 Å². The first kappa shape index (κ1) is 17.1. The molecule has 112 valence electrons. The summed E-state index contributed by atoms with van der Waals surface area (Å²) >= 11 is 1.17. The van der Waals surface area contributed by atoms with Gasteiger partial charge in [-0.05, 0) is 43.2 Å². The Bertz CT molecular complexity index is 365. The van der Waals surface area contributed by atoms with Crippen LogP contribution in [0.3, 0.4) is 0 Å². The minimum atomic E-state index is -0.184. The van der Waals surface area contributed by atoms with Crippen molar-refractivity contribution in [2.45, 2.75) is 69.8 Å². The Morgan fingerprint density at radius 3 is 2.45 bits per heavy atom. The van der Waals surface area contributed by atoms with Gasteiger partial charge in [0.05, 0.1) is 0 Å². The first-order valence-electron chi connectivity index (χ1n) is 7.69. The van der Waals surface area contributed by atoms with Crippen LogP contribution in [0, 0.1) is 0 Å². The maximum absolute atomic E-state index is 11.9. The van der Waals surface area contributed by atoms with E-state index >= 15 is 0 Å². The molecule has 0 aliphatic carbocycles. The van der Waals surface area contributed by atoms with Crippen LogP contribution in [0.1, 0.15) is 58.8 Å². The molecule has 0 heterocycles. The third-order valence-corrected chi connectivity index (χ3v) is 4.06. The summed E-state index contributed by atoms with van der Waals surface area (Å²) in [5.41, 5.74) is 0. The molecule has 0 aliphatic heterocycles. The molecule has 0 bridgehead atoms. The fourth-order valence-corrected chi connectivity index (χ4v) is 2.74. The van der Waals surface area contributed by atoms with Crippen LogP contribution in [0.4, 0.5) is 4.79 Å². The second-order valence-electron chi connectivity index (χ2n) is 5.02. The number of ether oxygens (including phenoxy) is 1. The van der Waals surface area contributed by atoms with Crippen molar-refractivity contribution in [1.82, 2.24) is 0 Å². The van der Waals surface area contributed by atoms with Crippen LogP contribution in [0.25, 0.3) is 0 Å². The minimum absolute atomic E-state index is 0.0698. The predicted octanol–water partition coefficient (Wildman–Crippen LogP) is 6.05. The first-order valence-corrected chi connectivity index (χ1v) is 8.51. The van der Waals surface area contributed by atoms with Gasteiger partial charge in [0.1, 0.15) is 6.10 Å². The average molecular weight is 294 g/mol. The van der Waals surface area contributed by atoms with Crippen LogP contribution in [0.15, 0.2) is 35.2 Å². The smallest absolute Gasteiger partial charge is 0.372 e. The summed E-state index contributed by atoms with van der Waals surface area (Å²) in [7, 11) is 0. The summed E-state index contributed by atoms with van der Waals surface area (Å²) in [6.07, 6.45) is 8.21. The van der Waals surface area contributed by atoms with Crippen molar-refractivity contribution in [3.8, 4) is 0 Å². The van der Waals surface area contributed by atoms with Crippen molar-refractivity contribution in [1.29, 1.82) is 0 Å². The molecular weight excluding hydrogens is 268 g/mol. The molecule has 2 nitrogen and oxygen atoms in total. The van der Waals surface area contributed by atoms with E-state index in [9.17, 15) is 4.79 Å². The summed E-state index contributed by atoms with van der Waals surface area (Å²) in [4.78, 5) is 12.8. The summed E-state index contributed by atoms with van der Waals surface area (Å²) in [5, 5.41) is -0.184. The Morgan fingerprint density at radius 2 is 1.80 bits per heavy atom. The van der Waals surface area contributed by atoms with Crippen LogP contribution >= 0.6 is 11.8 Å². The Kier molecular flexibility index (Phi) is 9.22. The number of benzene rings is 1. The van der Waals surface area contributed by atoms with Gasteiger partial charge < -0.3 is 4.74 Å². The van der Waals surface area contributed by atoms with Gasteiger partial charge in [-0.25, -0.2) is 4.79 Å². The van der Waals surface area contributed by atoms with E-state index in [4.69, 9.17) is 4.74 Å². The van der Waals surface area contributed by atoms with E-state index in [1.807, 2.05) is 30.3 Å². The van der Waals surface area contributed by atoms with Crippen molar-refractivity contribution < 1.29 is 9.53 Å². The van der Waals surface area contributed by atoms with Crippen molar-refractivity contribution in [3.05, 3.63) is 30.3 Å². The lowest BCUT2D eigenvalue weighted by molar-refractivity contribution is 0.112. The maximum atomic E-state index is 11.9. The van der Waals surface area contributed by atoms with Gasteiger partial charge in [-0.2, -0.15) is 0 Å². The number of hydrogen-bond acceptors (Lipinski definition) is 3. The Morgan fingerprint density at radius 1 is 1.10 bits per heavy atom. The molecule has 0 spiro atoms. The molecule has 1 rings (SSSR count). The van der Waals surface area contributed by atoms with Gasteiger partial charge in [-0.15, -0.1) is 0 Å². The van der Waals surface area contributed by atoms with Gasteiger partial charge in [0, 0.05) is 4.90 Å². The largest absolute Gasteiger partial charge is 0.454 e. The minimum Gasteiger partial charge on any atom is -0.454 e. The first-order chi connectivity index (χ1) is 9.76. The topological polar surface area (TPSA) is 26.3 Å². The normalized spacial score (nSPS) is 12.1. The van der Waals surface area contributed by atoms with E-state index in [2.05, 4.69) is 13.8 Å². The number of carbonyl (C=O) groups is 1. The van der Waals surface area contributed by atoms with Gasteiger partial charge in [0.25, 0.3) is 0 Å². The lowest BCUT2D eigenvalue weighted by atomic mass is 10.1. The van der Waals surface area contributed by atoms with Gasteiger partial charge in [-0.1, -0.05) is 57.7 Å². The Balaban J connectivity index is 2.23. The van der Waals surface area contributed by atoms with Gasteiger partial charge in [-0.3, -0.25) is 0 Å². The zero-order valence-electron chi connectivity index (χ0n) is 12.6. The highest BCUT2D eigenvalue weighted by Gasteiger charge is 2.13. The highest BCUT2D eigenvalue weighted by Crippen LogP contribution is 2.22. The van der Waals surface area contributed by atoms with E-state index in [1.54, 1.807) is 0 Å². The zero-order chi connectivity index (χ0) is 14.6. The number of hydrogen-bond donors (Lipinski definition) is 0. The summed E-state index contributed by atoms with van der Waals surface area (Å²) in [6.45, 7) is 4.30. The van der Waals surface area contributed by atoms with E-state index in [-0.39, 0.29) is 11.4 Å². The molecule has 1 aromatic rings. The van der Waals surface area contributed by atoms with Crippen molar-refractivity contribution in [2.75, 3.05) is 0 Å². The molecule has 0 saturated heterocycles. The third kappa shape index (κ3) is 7.59. The molecule has 1 unspecified atom stereocenters. The number of thioether (sulfide) groups is 1. The van der Waals surface area contributed by atoms with E-state index in [0.717, 1.165) is 24.2 Å². The highest BCUT2D eigenvalue weighted by atomic mass is 32.2. The molecule has 0 N–H and O–H groups in total. The van der Waals surface area contributed by atoms with Gasteiger partial charge in [0.2, 0.25) is 0 Å². The molecule has 20 heavy (non-hydrogen) atoms. The Labute approximate surface area is 127 Å². The molecule has 0 saturated carbocycles. The lowest BCUT2D eigenvalue weighted by Crippen LogP contribution is -2.14. The van der Waals surface area contributed by atoms with Gasteiger partial charge in [0.15, 0.2) is 0 Å². The fourth-order valence-electron chi connectivity index (χ4n) is 2.07. The maximum Gasteiger partial charge on any atom is 0.372 e. The van der Waals surface area contributed by atoms with Crippen LogP contribution < -0.4 is 0 Å². The monoisotopic (exact) mass is 294 g/mol. The lowest BCUT2D eigenvalue weighted by Gasteiger charge is -2.15. The predicted molar refractivity (Wildman–Crippen MR) is 86.2 cm³/mol. The fraction of sp³-hybridized carbons (Fsp3) is 0.588. The SMILES string of the molecule is CCCCCCCC(CC)OC(=O)Sc1ccccc1. The molecule has 1 atom stereocenters. The molecule has 0 radical (unpaired) electrons.